The average Bonchev–Trinajstić information content (AvgIpc) is 2.94. The summed E-state index contributed by atoms with van der Waals surface area (Å²) >= 11 is 0. The minimum absolute atomic E-state index is 0.256. The molecule has 3 aliphatic carbocycles. The van der Waals surface area contributed by atoms with E-state index in [1.165, 1.54) is 68.9 Å². The average molecular weight is 547 g/mol. The highest BCUT2D eigenvalue weighted by Gasteiger charge is 2.45. The molecule has 2 aromatic rings. The van der Waals surface area contributed by atoms with E-state index in [9.17, 15) is 0 Å². The molecule has 0 bridgehead atoms. The highest BCUT2D eigenvalue weighted by molar-refractivity contribution is 5.56. The lowest BCUT2D eigenvalue weighted by Crippen LogP contribution is -2.43. The lowest BCUT2D eigenvalue weighted by atomic mass is 9.67. The van der Waals surface area contributed by atoms with Gasteiger partial charge in [0.05, 0.1) is 18.3 Å². The first-order valence-electron chi connectivity index (χ1n) is 16.4. The van der Waals surface area contributed by atoms with Gasteiger partial charge in [-0.15, -0.1) is 0 Å². The van der Waals surface area contributed by atoms with Crippen molar-refractivity contribution < 1.29 is 18.9 Å². The Morgan fingerprint density at radius 1 is 0.575 bits per heavy atom. The summed E-state index contributed by atoms with van der Waals surface area (Å²) in [6.45, 7) is 6.80. The van der Waals surface area contributed by atoms with Crippen LogP contribution in [-0.2, 0) is 5.41 Å². The normalized spacial score (nSPS) is 26.0. The SMILES string of the molecule is CC1(C)CC(C)(c2ccc(OC3CCCCC3)cc2OC2CCCCC2)c2ccc(OC3CCCCC3)cc2O1. The van der Waals surface area contributed by atoms with E-state index in [2.05, 4.69) is 57.2 Å². The van der Waals surface area contributed by atoms with Crippen molar-refractivity contribution in [2.75, 3.05) is 0 Å². The van der Waals surface area contributed by atoms with Crippen LogP contribution in [0.3, 0.4) is 0 Å². The molecule has 3 saturated carbocycles. The van der Waals surface area contributed by atoms with Crippen LogP contribution in [0.5, 0.6) is 23.0 Å². The summed E-state index contributed by atoms with van der Waals surface area (Å²) in [6, 6.07) is 13.2. The molecule has 218 valence electrons. The number of ether oxygens (including phenoxy) is 4. The smallest absolute Gasteiger partial charge is 0.127 e. The first-order valence-corrected chi connectivity index (χ1v) is 16.4. The topological polar surface area (TPSA) is 36.9 Å². The molecule has 1 aliphatic heterocycles. The second kappa shape index (κ2) is 11.9. The predicted octanol–water partition coefficient (Wildman–Crippen LogP) is 9.69. The largest absolute Gasteiger partial charge is 0.490 e. The minimum atomic E-state index is -0.315. The van der Waals surface area contributed by atoms with Crippen LogP contribution in [0.1, 0.15) is 135 Å². The predicted molar refractivity (Wildman–Crippen MR) is 161 cm³/mol. The summed E-state index contributed by atoms with van der Waals surface area (Å²) in [6.07, 6.45) is 20.2. The second-order valence-corrected chi connectivity index (χ2v) is 13.8. The van der Waals surface area contributed by atoms with Crippen molar-refractivity contribution in [1.29, 1.82) is 0 Å². The third kappa shape index (κ3) is 6.26. The van der Waals surface area contributed by atoms with Crippen LogP contribution in [0, 0.1) is 0 Å². The molecule has 4 aliphatic rings. The summed E-state index contributed by atoms with van der Waals surface area (Å²) in [4.78, 5) is 0. The molecule has 2 aromatic carbocycles. The molecule has 1 unspecified atom stereocenters. The van der Waals surface area contributed by atoms with Gasteiger partial charge in [-0.25, -0.2) is 0 Å². The lowest BCUT2D eigenvalue weighted by molar-refractivity contribution is 0.0560. The molecule has 0 saturated heterocycles. The van der Waals surface area contributed by atoms with Gasteiger partial charge in [0, 0.05) is 35.1 Å². The summed E-state index contributed by atoms with van der Waals surface area (Å²) in [5, 5.41) is 0. The Kier molecular flexibility index (Phi) is 8.24. The van der Waals surface area contributed by atoms with E-state index in [0.717, 1.165) is 67.9 Å². The van der Waals surface area contributed by atoms with E-state index in [0.29, 0.717) is 12.2 Å². The van der Waals surface area contributed by atoms with Crippen molar-refractivity contribution in [3.05, 3.63) is 47.5 Å². The van der Waals surface area contributed by atoms with Gasteiger partial charge in [-0.2, -0.15) is 0 Å². The van der Waals surface area contributed by atoms with Gasteiger partial charge < -0.3 is 18.9 Å². The van der Waals surface area contributed by atoms with Crippen molar-refractivity contribution in [2.45, 2.75) is 153 Å². The molecule has 40 heavy (non-hydrogen) atoms. The van der Waals surface area contributed by atoms with Gasteiger partial charge in [0.2, 0.25) is 0 Å². The van der Waals surface area contributed by atoms with E-state index in [4.69, 9.17) is 18.9 Å². The van der Waals surface area contributed by atoms with E-state index in [-0.39, 0.29) is 17.1 Å². The quantitative estimate of drug-likeness (QED) is 0.346. The third-order valence-electron chi connectivity index (χ3n) is 9.82. The first kappa shape index (κ1) is 27.8. The molecule has 0 radical (unpaired) electrons. The van der Waals surface area contributed by atoms with Gasteiger partial charge in [0.1, 0.15) is 28.6 Å². The third-order valence-corrected chi connectivity index (χ3v) is 9.82. The fourth-order valence-electron chi connectivity index (χ4n) is 7.88. The number of benzene rings is 2. The zero-order chi connectivity index (χ0) is 27.6. The van der Waals surface area contributed by atoms with Gasteiger partial charge in [-0.3, -0.25) is 0 Å². The van der Waals surface area contributed by atoms with Gasteiger partial charge in [-0.1, -0.05) is 38.3 Å². The molecule has 0 spiro atoms. The van der Waals surface area contributed by atoms with Crippen LogP contribution in [0.15, 0.2) is 36.4 Å². The van der Waals surface area contributed by atoms with E-state index in [1.54, 1.807) is 0 Å². The summed E-state index contributed by atoms with van der Waals surface area (Å²) in [5.74, 6) is 3.82. The van der Waals surface area contributed by atoms with Gasteiger partial charge in [0.15, 0.2) is 0 Å². The molecule has 3 fully saturated rings. The Bertz CT molecular complexity index is 1140. The zero-order valence-electron chi connectivity index (χ0n) is 25.1. The van der Waals surface area contributed by atoms with E-state index >= 15 is 0 Å². The monoisotopic (exact) mass is 546 g/mol. The Morgan fingerprint density at radius 2 is 1.05 bits per heavy atom. The van der Waals surface area contributed by atoms with Crippen LogP contribution in [0.4, 0.5) is 0 Å². The molecule has 1 atom stereocenters. The van der Waals surface area contributed by atoms with Crippen molar-refractivity contribution in [1.82, 2.24) is 0 Å². The molecule has 0 amide bonds. The van der Waals surface area contributed by atoms with Crippen LogP contribution in [0.25, 0.3) is 0 Å². The highest BCUT2D eigenvalue weighted by Crippen LogP contribution is 2.52. The summed E-state index contributed by atoms with van der Waals surface area (Å²) < 4.78 is 26.5. The molecule has 4 nitrogen and oxygen atoms in total. The maximum Gasteiger partial charge on any atom is 0.127 e. The van der Waals surface area contributed by atoms with Crippen LogP contribution in [0.2, 0.25) is 0 Å². The molecule has 4 heteroatoms. The maximum atomic E-state index is 6.90. The van der Waals surface area contributed by atoms with Gasteiger partial charge in [0.25, 0.3) is 0 Å². The Labute approximate surface area is 242 Å². The molecule has 6 rings (SSSR count). The number of hydrogen-bond acceptors (Lipinski definition) is 4. The first-order chi connectivity index (χ1) is 19.4. The highest BCUT2D eigenvalue weighted by atomic mass is 16.5. The van der Waals surface area contributed by atoms with E-state index < -0.39 is 0 Å². The van der Waals surface area contributed by atoms with Crippen molar-refractivity contribution >= 4 is 0 Å². The van der Waals surface area contributed by atoms with Crippen molar-refractivity contribution in [3.63, 3.8) is 0 Å². The number of hydrogen-bond donors (Lipinski definition) is 0. The van der Waals surface area contributed by atoms with Crippen LogP contribution < -0.4 is 18.9 Å². The summed E-state index contributed by atoms with van der Waals surface area (Å²) in [5.41, 5.74) is 1.89. The Hall–Kier alpha value is -2.36. The molecule has 0 N–H and O–H groups in total. The Balaban J connectivity index is 1.34. The van der Waals surface area contributed by atoms with E-state index in [1.807, 2.05) is 0 Å². The molecule has 1 heterocycles. The molecule has 0 aromatic heterocycles. The van der Waals surface area contributed by atoms with Crippen molar-refractivity contribution in [3.8, 4) is 23.0 Å². The maximum absolute atomic E-state index is 6.90. The minimum Gasteiger partial charge on any atom is -0.490 e. The number of fused-ring (bicyclic) bond motifs is 1. The van der Waals surface area contributed by atoms with Gasteiger partial charge in [-0.05, 0) is 103 Å². The zero-order valence-corrected chi connectivity index (χ0v) is 25.1. The van der Waals surface area contributed by atoms with Crippen molar-refractivity contribution in [2.24, 2.45) is 0 Å². The number of rotatable bonds is 7. The summed E-state index contributed by atoms with van der Waals surface area (Å²) in [7, 11) is 0. The molecular formula is C36H50O4. The molecular weight excluding hydrogens is 496 g/mol. The lowest BCUT2D eigenvalue weighted by Gasteiger charge is -2.45. The fourth-order valence-corrected chi connectivity index (χ4v) is 7.88. The standard InChI is InChI=1S/C36H50O4/c1-35(2)25-36(3,32-22-20-30(24-34(32)40-35)38-27-15-9-5-10-16-27)31-21-19-29(37-26-13-7-4-8-14-26)23-33(31)39-28-17-11-6-12-18-28/h19-24,26-28H,4-18,25H2,1-3H3. The second-order valence-electron chi connectivity index (χ2n) is 13.8. The van der Waals surface area contributed by atoms with Gasteiger partial charge >= 0.3 is 0 Å². The van der Waals surface area contributed by atoms with Crippen LogP contribution >= 0.6 is 0 Å². The van der Waals surface area contributed by atoms with Crippen LogP contribution in [-0.4, -0.2) is 23.9 Å². The Morgan fingerprint density at radius 3 is 1.60 bits per heavy atom. The fraction of sp³-hybridized carbons (Fsp3) is 0.667.